The lowest BCUT2D eigenvalue weighted by Crippen LogP contribution is -1.84. The summed E-state index contributed by atoms with van der Waals surface area (Å²) >= 11 is 11.3. The summed E-state index contributed by atoms with van der Waals surface area (Å²) in [5, 5.41) is 1.48. The van der Waals surface area contributed by atoms with Crippen molar-refractivity contribution < 1.29 is 0 Å². The topological polar surface area (TPSA) is 25.8 Å². The molecule has 0 radical (unpaired) electrons. The first kappa shape index (κ1) is 13.7. The minimum Gasteiger partial charge on any atom is -0.252 e. The number of aryl methyl sites for hydroxylation is 1. The van der Waals surface area contributed by atoms with Gasteiger partial charge < -0.3 is 0 Å². The second-order valence-corrected chi connectivity index (χ2v) is 6.79. The van der Waals surface area contributed by atoms with Crippen molar-refractivity contribution in [2.75, 3.05) is 0 Å². The van der Waals surface area contributed by atoms with Gasteiger partial charge in [-0.2, -0.15) is 0 Å². The zero-order valence-electron chi connectivity index (χ0n) is 10.6. The predicted molar refractivity (Wildman–Crippen MR) is 88.2 cm³/mol. The molecule has 3 aromatic rings. The SMILES string of the molecule is Cc1sc(-c2ncccc2Cl)nc1-c1cccc(Br)c1. The van der Waals surface area contributed by atoms with E-state index in [0.29, 0.717) is 5.02 Å². The highest BCUT2D eigenvalue weighted by Crippen LogP contribution is 2.35. The van der Waals surface area contributed by atoms with Crippen molar-refractivity contribution in [1.82, 2.24) is 9.97 Å². The van der Waals surface area contributed by atoms with E-state index in [-0.39, 0.29) is 0 Å². The first-order valence-electron chi connectivity index (χ1n) is 5.99. The van der Waals surface area contributed by atoms with Crippen LogP contribution < -0.4 is 0 Å². The van der Waals surface area contributed by atoms with Gasteiger partial charge in [0.1, 0.15) is 10.7 Å². The smallest absolute Gasteiger partial charge is 0.144 e. The minimum atomic E-state index is 0.627. The number of rotatable bonds is 2. The molecule has 2 aromatic heterocycles. The molecule has 2 heterocycles. The van der Waals surface area contributed by atoms with E-state index < -0.39 is 0 Å². The zero-order chi connectivity index (χ0) is 14.1. The number of nitrogens with zero attached hydrogens (tertiary/aromatic N) is 2. The number of benzene rings is 1. The van der Waals surface area contributed by atoms with Crippen LogP contribution in [0.5, 0.6) is 0 Å². The van der Waals surface area contributed by atoms with Gasteiger partial charge in [0.15, 0.2) is 0 Å². The first-order valence-corrected chi connectivity index (χ1v) is 7.98. The summed E-state index contributed by atoms with van der Waals surface area (Å²) < 4.78 is 1.04. The molecule has 1 aromatic carbocycles. The molecule has 0 aliphatic carbocycles. The maximum Gasteiger partial charge on any atom is 0.144 e. The van der Waals surface area contributed by atoms with Crippen LogP contribution in [-0.4, -0.2) is 9.97 Å². The van der Waals surface area contributed by atoms with Gasteiger partial charge in [0.25, 0.3) is 0 Å². The first-order chi connectivity index (χ1) is 9.65. The van der Waals surface area contributed by atoms with Crippen molar-refractivity contribution in [3.05, 3.63) is 57.0 Å². The lowest BCUT2D eigenvalue weighted by Gasteiger charge is -1.99. The Morgan fingerprint density at radius 1 is 1.15 bits per heavy atom. The van der Waals surface area contributed by atoms with Crippen LogP contribution >= 0.6 is 38.9 Å². The fourth-order valence-corrected chi connectivity index (χ4v) is 3.56. The zero-order valence-corrected chi connectivity index (χ0v) is 13.8. The van der Waals surface area contributed by atoms with Crippen molar-refractivity contribution in [1.29, 1.82) is 0 Å². The Balaban J connectivity index is 2.10. The van der Waals surface area contributed by atoms with Gasteiger partial charge >= 0.3 is 0 Å². The third-order valence-electron chi connectivity index (χ3n) is 2.86. The van der Waals surface area contributed by atoms with E-state index in [1.807, 2.05) is 24.3 Å². The van der Waals surface area contributed by atoms with E-state index in [4.69, 9.17) is 16.6 Å². The highest BCUT2D eigenvalue weighted by atomic mass is 79.9. The Bertz CT molecular complexity index is 770. The van der Waals surface area contributed by atoms with Gasteiger partial charge in [-0.3, -0.25) is 4.98 Å². The Labute approximate surface area is 134 Å². The van der Waals surface area contributed by atoms with Crippen LogP contribution in [0.15, 0.2) is 47.1 Å². The number of hydrogen-bond donors (Lipinski definition) is 0. The summed E-state index contributed by atoms with van der Waals surface area (Å²) in [5.74, 6) is 0. The molecule has 0 saturated heterocycles. The maximum atomic E-state index is 6.19. The van der Waals surface area contributed by atoms with Crippen LogP contribution in [0, 0.1) is 6.92 Å². The second kappa shape index (κ2) is 5.64. The van der Waals surface area contributed by atoms with Crippen LogP contribution in [0.2, 0.25) is 5.02 Å². The van der Waals surface area contributed by atoms with Gasteiger partial charge in [0.05, 0.1) is 10.7 Å². The Kier molecular flexibility index (Phi) is 3.87. The monoisotopic (exact) mass is 364 g/mol. The molecule has 0 bridgehead atoms. The number of thiazole rings is 1. The van der Waals surface area contributed by atoms with Crippen molar-refractivity contribution in [2.24, 2.45) is 0 Å². The number of halogens is 2. The van der Waals surface area contributed by atoms with E-state index in [1.165, 1.54) is 0 Å². The largest absolute Gasteiger partial charge is 0.252 e. The molecule has 3 rings (SSSR count). The lowest BCUT2D eigenvalue weighted by atomic mass is 10.1. The molecular formula is C15H10BrClN2S. The third kappa shape index (κ3) is 2.64. The molecular weight excluding hydrogens is 356 g/mol. The quantitative estimate of drug-likeness (QED) is 0.591. The molecule has 100 valence electrons. The van der Waals surface area contributed by atoms with E-state index in [1.54, 1.807) is 17.5 Å². The molecule has 5 heteroatoms. The highest BCUT2D eigenvalue weighted by Gasteiger charge is 2.14. The molecule has 0 saturated carbocycles. The minimum absolute atomic E-state index is 0.627. The third-order valence-corrected chi connectivity index (χ3v) is 4.63. The molecule has 2 nitrogen and oxygen atoms in total. The second-order valence-electron chi connectivity index (χ2n) is 4.27. The van der Waals surface area contributed by atoms with Crippen molar-refractivity contribution in [2.45, 2.75) is 6.92 Å². The Morgan fingerprint density at radius 2 is 2.00 bits per heavy atom. The predicted octanol–water partition coefficient (Wildman–Crippen LogP) is 5.60. The molecule has 0 aliphatic rings. The maximum absolute atomic E-state index is 6.19. The number of aromatic nitrogens is 2. The summed E-state index contributed by atoms with van der Waals surface area (Å²) in [5.41, 5.74) is 2.81. The lowest BCUT2D eigenvalue weighted by molar-refractivity contribution is 1.29. The highest BCUT2D eigenvalue weighted by molar-refractivity contribution is 9.10. The molecule has 0 atom stereocenters. The van der Waals surface area contributed by atoms with Gasteiger partial charge in [-0.25, -0.2) is 4.98 Å². The Hall–Kier alpha value is -1.23. The molecule has 0 spiro atoms. The van der Waals surface area contributed by atoms with Crippen molar-refractivity contribution >= 4 is 38.9 Å². The van der Waals surface area contributed by atoms with E-state index >= 15 is 0 Å². The van der Waals surface area contributed by atoms with Gasteiger partial charge in [-0.15, -0.1) is 11.3 Å². The van der Waals surface area contributed by atoms with Crippen LogP contribution in [-0.2, 0) is 0 Å². The van der Waals surface area contributed by atoms with E-state index in [2.05, 4.69) is 40.0 Å². The summed E-state index contributed by atoms with van der Waals surface area (Å²) in [6.07, 6.45) is 1.73. The molecule has 20 heavy (non-hydrogen) atoms. The molecule has 0 unspecified atom stereocenters. The average Bonchev–Trinajstić information content (AvgIpc) is 2.81. The van der Waals surface area contributed by atoms with Crippen LogP contribution in [0.1, 0.15) is 4.88 Å². The summed E-state index contributed by atoms with van der Waals surface area (Å²) in [6.45, 7) is 2.06. The van der Waals surface area contributed by atoms with E-state index in [9.17, 15) is 0 Å². The molecule has 0 fully saturated rings. The van der Waals surface area contributed by atoms with Gasteiger partial charge in [-0.1, -0.05) is 39.7 Å². The van der Waals surface area contributed by atoms with Gasteiger partial charge in [0, 0.05) is 21.1 Å². The number of pyridine rings is 1. The van der Waals surface area contributed by atoms with Crippen LogP contribution in [0.3, 0.4) is 0 Å². The fraction of sp³-hybridized carbons (Fsp3) is 0.0667. The molecule has 0 N–H and O–H groups in total. The summed E-state index contributed by atoms with van der Waals surface area (Å²) in [7, 11) is 0. The van der Waals surface area contributed by atoms with E-state index in [0.717, 1.165) is 31.3 Å². The van der Waals surface area contributed by atoms with Crippen LogP contribution in [0.4, 0.5) is 0 Å². The molecule has 0 aliphatic heterocycles. The van der Waals surface area contributed by atoms with Crippen molar-refractivity contribution in [3.8, 4) is 22.0 Å². The van der Waals surface area contributed by atoms with Gasteiger partial charge in [0.2, 0.25) is 0 Å². The fourth-order valence-electron chi connectivity index (χ4n) is 1.94. The van der Waals surface area contributed by atoms with Crippen molar-refractivity contribution in [3.63, 3.8) is 0 Å². The summed E-state index contributed by atoms with van der Waals surface area (Å²) in [4.78, 5) is 10.2. The van der Waals surface area contributed by atoms with Crippen LogP contribution in [0.25, 0.3) is 22.0 Å². The standard InChI is InChI=1S/C15H10BrClN2S/c1-9-13(10-4-2-5-11(16)8-10)19-15(20-9)14-12(17)6-3-7-18-14/h2-8H,1H3. The Morgan fingerprint density at radius 3 is 2.75 bits per heavy atom. The molecule has 0 amide bonds. The number of hydrogen-bond acceptors (Lipinski definition) is 3. The van der Waals surface area contributed by atoms with Gasteiger partial charge in [-0.05, 0) is 31.2 Å². The normalized spacial score (nSPS) is 10.8. The average molecular weight is 366 g/mol. The summed E-state index contributed by atoms with van der Waals surface area (Å²) in [6, 6.07) is 11.8.